The minimum Gasteiger partial charge on any atom is -0.392 e. The van der Waals surface area contributed by atoms with E-state index in [1.807, 2.05) is 6.92 Å². The molecule has 0 atom stereocenters. The summed E-state index contributed by atoms with van der Waals surface area (Å²) in [5, 5.41) is 9.06. The molecule has 0 amide bonds. The lowest BCUT2D eigenvalue weighted by Crippen LogP contribution is -2.33. The van der Waals surface area contributed by atoms with Crippen molar-refractivity contribution < 1.29 is 13.5 Å². The first-order valence-electron chi connectivity index (χ1n) is 6.38. The van der Waals surface area contributed by atoms with Crippen LogP contribution in [0, 0.1) is 5.92 Å². The third-order valence-corrected chi connectivity index (χ3v) is 6.23. The molecule has 6 heteroatoms. The molecule has 4 nitrogen and oxygen atoms in total. The van der Waals surface area contributed by atoms with Crippen LogP contribution in [0.1, 0.15) is 25.3 Å². The highest BCUT2D eigenvalue weighted by molar-refractivity contribution is 9.10. The fourth-order valence-corrected chi connectivity index (χ4v) is 4.59. The molecule has 0 spiro atoms. The van der Waals surface area contributed by atoms with Crippen LogP contribution in [0.3, 0.4) is 0 Å². The summed E-state index contributed by atoms with van der Waals surface area (Å²) < 4.78 is 27.2. The van der Waals surface area contributed by atoms with E-state index in [4.69, 9.17) is 5.11 Å². The van der Waals surface area contributed by atoms with Crippen LogP contribution in [0.2, 0.25) is 0 Å². The molecule has 0 unspecified atom stereocenters. The van der Waals surface area contributed by atoms with E-state index in [2.05, 4.69) is 15.9 Å². The molecule has 106 valence electrons. The molecule has 19 heavy (non-hydrogen) atoms. The summed E-state index contributed by atoms with van der Waals surface area (Å²) >= 11 is 3.29. The number of sulfonamides is 1. The molecule has 0 bridgehead atoms. The van der Waals surface area contributed by atoms with Gasteiger partial charge in [0.15, 0.2) is 0 Å². The van der Waals surface area contributed by atoms with Gasteiger partial charge in [-0.1, -0.05) is 13.0 Å². The van der Waals surface area contributed by atoms with E-state index in [9.17, 15) is 8.42 Å². The van der Waals surface area contributed by atoms with Crippen molar-refractivity contribution in [3.05, 3.63) is 28.2 Å². The van der Waals surface area contributed by atoms with Crippen LogP contribution in [0.25, 0.3) is 0 Å². The summed E-state index contributed by atoms with van der Waals surface area (Å²) in [6, 6.07) is 4.85. The van der Waals surface area contributed by atoms with Crippen molar-refractivity contribution in [1.29, 1.82) is 0 Å². The molecule has 1 aromatic carbocycles. The van der Waals surface area contributed by atoms with E-state index < -0.39 is 10.0 Å². The first kappa shape index (κ1) is 15.0. The second-order valence-corrected chi connectivity index (χ2v) is 7.58. The van der Waals surface area contributed by atoms with Crippen molar-refractivity contribution >= 4 is 26.0 Å². The Bertz CT molecular complexity index is 555. The summed E-state index contributed by atoms with van der Waals surface area (Å²) in [5.41, 5.74) is 0.691. The van der Waals surface area contributed by atoms with Crippen molar-refractivity contribution in [3.8, 4) is 0 Å². The Morgan fingerprint density at radius 3 is 2.58 bits per heavy atom. The number of benzene rings is 1. The Kier molecular flexibility index (Phi) is 4.66. The minimum absolute atomic E-state index is 0.0987. The van der Waals surface area contributed by atoms with Gasteiger partial charge in [-0.05, 0) is 52.4 Å². The van der Waals surface area contributed by atoms with Crippen LogP contribution in [-0.2, 0) is 16.6 Å². The minimum atomic E-state index is -3.46. The van der Waals surface area contributed by atoms with Gasteiger partial charge in [-0.25, -0.2) is 8.42 Å². The highest BCUT2D eigenvalue weighted by atomic mass is 79.9. The molecule has 0 aromatic heterocycles. The van der Waals surface area contributed by atoms with Gasteiger partial charge in [-0.3, -0.25) is 0 Å². The van der Waals surface area contributed by atoms with Crippen molar-refractivity contribution in [2.24, 2.45) is 5.92 Å². The van der Waals surface area contributed by atoms with Crippen LogP contribution >= 0.6 is 15.9 Å². The lowest BCUT2D eigenvalue weighted by molar-refractivity contribution is 0.281. The maximum Gasteiger partial charge on any atom is 0.244 e. The second-order valence-electron chi connectivity index (χ2n) is 4.82. The number of hydrogen-bond acceptors (Lipinski definition) is 3. The molecule has 0 aliphatic heterocycles. The number of rotatable bonds is 6. The standard InChI is InChI=1S/C13H18BrNO3S/c1-2-15(8-10-3-4-10)19(17,18)13-6-5-11(9-16)7-12(13)14/h5-7,10,16H,2-4,8-9H2,1H3. The molecule has 0 radical (unpaired) electrons. The lowest BCUT2D eigenvalue weighted by Gasteiger charge is -2.21. The van der Waals surface area contributed by atoms with Crippen molar-refractivity contribution in [2.75, 3.05) is 13.1 Å². The Morgan fingerprint density at radius 2 is 2.11 bits per heavy atom. The van der Waals surface area contributed by atoms with Gasteiger partial charge in [0.05, 0.1) is 11.5 Å². The van der Waals surface area contributed by atoms with Crippen LogP contribution in [-0.4, -0.2) is 30.9 Å². The van der Waals surface area contributed by atoms with Gasteiger partial charge in [0.1, 0.15) is 0 Å². The molecule has 0 heterocycles. The summed E-state index contributed by atoms with van der Waals surface area (Å²) in [6.45, 7) is 2.84. The molecule has 1 aliphatic carbocycles. The van der Waals surface area contributed by atoms with E-state index in [0.717, 1.165) is 12.8 Å². The molecule has 1 saturated carbocycles. The average molecular weight is 348 g/mol. The monoisotopic (exact) mass is 347 g/mol. The number of aliphatic hydroxyl groups is 1. The van der Waals surface area contributed by atoms with Gasteiger partial charge >= 0.3 is 0 Å². The Balaban J connectivity index is 2.31. The SMILES string of the molecule is CCN(CC1CC1)S(=O)(=O)c1ccc(CO)cc1Br. The number of hydrogen-bond donors (Lipinski definition) is 1. The molecular weight excluding hydrogens is 330 g/mol. The van der Waals surface area contributed by atoms with Gasteiger partial charge in [0, 0.05) is 17.6 Å². The Morgan fingerprint density at radius 1 is 1.42 bits per heavy atom. The van der Waals surface area contributed by atoms with Crippen LogP contribution < -0.4 is 0 Å². The van der Waals surface area contributed by atoms with E-state index >= 15 is 0 Å². The number of nitrogens with zero attached hydrogens (tertiary/aromatic N) is 1. The van der Waals surface area contributed by atoms with Crippen LogP contribution in [0.4, 0.5) is 0 Å². The lowest BCUT2D eigenvalue weighted by atomic mass is 10.2. The van der Waals surface area contributed by atoms with Gasteiger partial charge in [-0.15, -0.1) is 0 Å². The van der Waals surface area contributed by atoms with Crippen LogP contribution in [0.15, 0.2) is 27.6 Å². The molecule has 1 fully saturated rings. The number of aliphatic hydroxyl groups excluding tert-OH is 1. The summed E-state index contributed by atoms with van der Waals surface area (Å²) in [5.74, 6) is 0.519. The van der Waals surface area contributed by atoms with E-state index in [0.29, 0.717) is 29.0 Å². The maximum atomic E-state index is 12.6. The topological polar surface area (TPSA) is 57.6 Å². The Hall–Kier alpha value is -0.430. The maximum absolute atomic E-state index is 12.6. The first-order valence-corrected chi connectivity index (χ1v) is 8.61. The van der Waals surface area contributed by atoms with E-state index in [1.54, 1.807) is 18.2 Å². The predicted molar refractivity (Wildman–Crippen MR) is 77.2 cm³/mol. The van der Waals surface area contributed by atoms with Gasteiger partial charge in [-0.2, -0.15) is 4.31 Å². The van der Waals surface area contributed by atoms with Gasteiger partial charge in [0.25, 0.3) is 0 Å². The summed E-state index contributed by atoms with van der Waals surface area (Å²) in [4.78, 5) is 0.271. The second kappa shape index (κ2) is 5.91. The molecule has 1 N–H and O–H groups in total. The average Bonchev–Trinajstić information content (AvgIpc) is 3.19. The fourth-order valence-electron chi connectivity index (χ4n) is 1.98. The van der Waals surface area contributed by atoms with E-state index in [1.165, 1.54) is 4.31 Å². The normalized spacial score (nSPS) is 16.0. The first-order chi connectivity index (χ1) is 8.98. The molecule has 0 saturated heterocycles. The highest BCUT2D eigenvalue weighted by Gasteiger charge is 2.31. The summed E-state index contributed by atoms with van der Waals surface area (Å²) in [6.07, 6.45) is 2.24. The molecule has 1 aliphatic rings. The van der Waals surface area contributed by atoms with Crippen molar-refractivity contribution in [1.82, 2.24) is 4.31 Å². The molecular formula is C13H18BrNO3S. The third-order valence-electron chi connectivity index (χ3n) is 3.31. The number of halogens is 1. The molecule has 2 rings (SSSR count). The van der Waals surface area contributed by atoms with Crippen molar-refractivity contribution in [3.63, 3.8) is 0 Å². The molecule has 1 aromatic rings. The largest absolute Gasteiger partial charge is 0.392 e. The van der Waals surface area contributed by atoms with Crippen LogP contribution in [0.5, 0.6) is 0 Å². The zero-order valence-corrected chi connectivity index (χ0v) is 13.2. The van der Waals surface area contributed by atoms with Gasteiger partial charge < -0.3 is 5.11 Å². The zero-order valence-electron chi connectivity index (χ0n) is 10.8. The fraction of sp³-hybridized carbons (Fsp3) is 0.538. The summed E-state index contributed by atoms with van der Waals surface area (Å²) in [7, 11) is -3.46. The quantitative estimate of drug-likeness (QED) is 0.859. The Labute approximate surface area is 122 Å². The third kappa shape index (κ3) is 3.37. The zero-order chi connectivity index (χ0) is 14.0. The predicted octanol–water partition coefficient (Wildman–Crippen LogP) is 2.36. The van der Waals surface area contributed by atoms with Crippen molar-refractivity contribution in [2.45, 2.75) is 31.3 Å². The highest BCUT2D eigenvalue weighted by Crippen LogP contribution is 2.33. The van der Waals surface area contributed by atoms with Gasteiger partial charge in [0.2, 0.25) is 10.0 Å². The van der Waals surface area contributed by atoms with E-state index in [-0.39, 0.29) is 11.5 Å². The smallest absolute Gasteiger partial charge is 0.244 e.